The van der Waals surface area contributed by atoms with Crippen LogP contribution in [0.1, 0.15) is 41.8 Å². The Morgan fingerprint density at radius 3 is 2.62 bits per heavy atom. The highest BCUT2D eigenvalue weighted by atomic mass is 16.5. The number of hydrogen-bond donors (Lipinski definition) is 0. The molecule has 1 aliphatic rings. The molecule has 124 valence electrons. The quantitative estimate of drug-likeness (QED) is 0.742. The lowest BCUT2D eigenvalue weighted by atomic mass is 9.93. The molecular formula is C21H23NO2. The lowest BCUT2D eigenvalue weighted by molar-refractivity contribution is 0.106. The lowest BCUT2D eigenvalue weighted by Crippen LogP contribution is -2.22. The van der Waals surface area contributed by atoms with Gasteiger partial charge < -0.3 is 4.74 Å². The molecule has 1 aliphatic heterocycles. The average Bonchev–Trinajstić information content (AvgIpc) is 2.61. The molecule has 2 aromatic rings. The number of Topliss-reactive ketones (excluding diaryl/α,β-unsaturated/α-hetero) is 1. The van der Waals surface area contributed by atoms with Crippen molar-refractivity contribution < 1.29 is 9.53 Å². The summed E-state index contributed by atoms with van der Waals surface area (Å²) in [5.74, 6) is 1.41. The molecule has 3 rings (SSSR count). The van der Waals surface area contributed by atoms with Gasteiger partial charge in [-0.05, 0) is 48.6 Å². The zero-order valence-corrected chi connectivity index (χ0v) is 14.3. The van der Waals surface area contributed by atoms with Crippen LogP contribution in [0, 0.1) is 5.92 Å². The number of rotatable bonds is 6. The number of fused-ring (bicyclic) bond motifs is 1. The van der Waals surface area contributed by atoms with E-state index in [4.69, 9.17) is 4.74 Å². The standard InChI is InChI=1S/C21H23NO2/c1-15(2)12-14-24-18-9-7-17(8-10-18)21(23)20-19-6-4-3-5-16(19)11-13-22-20/h3-10,15H,11-14H2,1-2H3. The van der Waals surface area contributed by atoms with Gasteiger partial charge in [-0.15, -0.1) is 0 Å². The highest BCUT2D eigenvalue weighted by Crippen LogP contribution is 2.20. The van der Waals surface area contributed by atoms with E-state index in [2.05, 4.69) is 24.9 Å². The van der Waals surface area contributed by atoms with Gasteiger partial charge in [-0.2, -0.15) is 0 Å². The molecule has 3 nitrogen and oxygen atoms in total. The van der Waals surface area contributed by atoms with Crippen molar-refractivity contribution in [2.75, 3.05) is 13.2 Å². The zero-order valence-electron chi connectivity index (χ0n) is 14.3. The molecular weight excluding hydrogens is 298 g/mol. The third kappa shape index (κ3) is 3.73. The first-order chi connectivity index (χ1) is 11.6. The van der Waals surface area contributed by atoms with Crippen molar-refractivity contribution in [1.82, 2.24) is 0 Å². The van der Waals surface area contributed by atoms with E-state index in [0.29, 0.717) is 30.3 Å². The second-order valence-corrected chi connectivity index (χ2v) is 6.52. The maximum absolute atomic E-state index is 12.8. The molecule has 0 fully saturated rings. The Bertz CT molecular complexity index is 745. The van der Waals surface area contributed by atoms with Crippen LogP contribution in [-0.2, 0) is 6.42 Å². The van der Waals surface area contributed by atoms with Crippen LogP contribution in [0.2, 0.25) is 0 Å². The fraction of sp³-hybridized carbons (Fsp3) is 0.333. The predicted molar refractivity (Wildman–Crippen MR) is 97.3 cm³/mol. The lowest BCUT2D eigenvalue weighted by Gasteiger charge is -2.16. The van der Waals surface area contributed by atoms with Crippen molar-refractivity contribution in [3.05, 3.63) is 65.2 Å². The van der Waals surface area contributed by atoms with Crippen LogP contribution in [-0.4, -0.2) is 24.6 Å². The van der Waals surface area contributed by atoms with Gasteiger partial charge in [-0.1, -0.05) is 38.1 Å². The maximum Gasteiger partial charge on any atom is 0.211 e. The molecule has 2 aromatic carbocycles. The summed E-state index contributed by atoms with van der Waals surface area (Å²) in [4.78, 5) is 17.3. The highest BCUT2D eigenvalue weighted by molar-refractivity contribution is 6.51. The van der Waals surface area contributed by atoms with Crippen LogP contribution >= 0.6 is 0 Å². The Kier molecular flexibility index (Phi) is 5.09. The number of hydrogen-bond acceptors (Lipinski definition) is 3. The summed E-state index contributed by atoms with van der Waals surface area (Å²) in [6.07, 6.45) is 1.92. The largest absolute Gasteiger partial charge is 0.494 e. The molecule has 3 heteroatoms. The van der Waals surface area contributed by atoms with E-state index in [1.807, 2.05) is 42.5 Å². The van der Waals surface area contributed by atoms with Crippen LogP contribution in [0.4, 0.5) is 0 Å². The fourth-order valence-corrected chi connectivity index (χ4v) is 2.79. The monoisotopic (exact) mass is 321 g/mol. The Morgan fingerprint density at radius 2 is 1.88 bits per heavy atom. The van der Waals surface area contributed by atoms with Crippen LogP contribution in [0.5, 0.6) is 5.75 Å². The van der Waals surface area contributed by atoms with Gasteiger partial charge in [-0.25, -0.2) is 0 Å². The van der Waals surface area contributed by atoms with Gasteiger partial charge in [0.1, 0.15) is 11.5 Å². The van der Waals surface area contributed by atoms with E-state index in [0.717, 1.165) is 24.2 Å². The highest BCUT2D eigenvalue weighted by Gasteiger charge is 2.21. The minimum Gasteiger partial charge on any atom is -0.494 e. The van der Waals surface area contributed by atoms with Gasteiger partial charge in [0, 0.05) is 17.7 Å². The normalized spacial score (nSPS) is 13.4. The van der Waals surface area contributed by atoms with Gasteiger partial charge in [0.25, 0.3) is 0 Å². The summed E-state index contributed by atoms with van der Waals surface area (Å²) in [6.45, 7) is 5.72. The number of aliphatic imine (C=N–C) groups is 1. The maximum atomic E-state index is 12.8. The van der Waals surface area contributed by atoms with Crippen molar-refractivity contribution in [3.8, 4) is 5.75 Å². The molecule has 0 aliphatic carbocycles. The molecule has 1 heterocycles. The molecule has 0 N–H and O–H groups in total. The molecule has 0 atom stereocenters. The first kappa shape index (κ1) is 16.4. The Hall–Kier alpha value is -2.42. The predicted octanol–water partition coefficient (Wildman–Crippen LogP) is 4.34. The summed E-state index contributed by atoms with van der Waals surface area (Å²) < 4.78 is 5.71. The molecule has 24 heavy (non-hydrogen) atoms. The van der Waals surface area contributed by atoms with Crippen molar-refractivity contribution >= 4 is 11.5 Å². The summed E-state index contributed by atoms with van der Waals surface area (Å²) >= 11 is 0. The van der Waals surface area contributed by atoms with Gasteiger partial charge in [0.2, 0.25) is 5.78 Å². The molecule has 0 unspecified atom stereocenters. The summed E-state index contributed by atoms with van der Waals surface area (Å²) in [7, 11) is 0. The number of carbonyl (C=O) groups is 1. The van der Waals surface area contributed by atoms with Crippen LogP contribution in [0.25, 0.3) is 0 Å². The van der Waals surface area contributed by atoms with E-state index in [-0.39, 0.29) is 5.78 Å². The molecule has 0 bridgehead atoms. The Balaban J connectivity index is 1.73. The SMILES string of the molecule is CC(C)CCOc1ccc(C(=O)C2=NCCc3ccccc32)cc1. The summed E-state index contributed by atoms with van der Waals surface area (Å²) in [5.41, 5.74) is 3.39. The van der Waals surface area contributed by atoms with Crippen molar-refractivity contribution in [2.24, 2.45) is 10.9 Å². The smallest absolute Gasteiger partial charge is 0.211 e. The van der Waals surface area contributed by atoms with Crippen molar-refractivity contribution in [1.29, 1.82) is 0 Å². The average molecular weight is 321 g/mol. The van der Waals surface area contributed by atoms with E-state index in [1.165, 1.54) is 5.56 Å². The summed E-state index contributed by atoms with van der Waals surface area (Å²) in [5, 5.41) is 0. The third-order valence-corrected chi connectivity index (χ3v) is 4.22. The van der Waals surface area contributed by atoms with E-state index >= 15 is 0 Å². The second-order valence-electron chi connectivity index (χ2n) is 6.52. The minimum atomic E-state index is -0.0177. The third-order valence-electron chi connectivity index (χ3n) is 4.22. The molecule has 0 aromatic heterocycles. The number of benzene rings is 2. The zero-order chi connectivity index (χ0) is 16.9. The van der Waals surface area contributed by atoms with Crippen molar-refractivity contribution in [3.63, 3.8) is 0 Å². The Labute approximate surface area is 143 Å². The van der Waals surface area contributed by atoms with Crippen LogP contribution in [0.15, 0.2) is 53.5 Å². The van der Waals surface area contributed by atoms with E-state index in [1.54, 1.807) is 0 Å². The molecule has 0 amide bonds. The topological polar surface area (TPSA) is 38.7 Å². The first-order valence-corrected chi connectivity index (χ1v) is 8.55. The Morgan fingerprint density at radius 1 is 1.12 bits per heavy atom. The summed E-state index contributed by atoms with van der Waals surface area (Å²) in [6, 6.07) is 15.4. The van der Waals surface area contributed by atoms with Gasteiger partial charge in [-0.3, -0.25) is 9.79 Å². The van der Waals surface area contributed by atoms with Crippen LogP contribution < -0.4 is 4.74 Å². The van der Waals surface area contributed by atoms with E-state index < -0.39 is 0 Å². The molecule has 0 saturated heterocycles. The molecule has 0 spiro atoms. The number of carbonyl (C=O) groups excluding carboxylic acids is 1. The molecule has 0 saturated carbocycles. The van der Waals surface area contributed by atoms with Gasteiger partial charge >= 0.3 is 0 Å². The van der Waals surface area contributed by atoms with Gasteiger partial charge in [0.05, 0.1) is 6.61 Å². The second kappa shape index (κ2) is 7.43. The molecule has 0 radical (unpaired) electrons. The number of nitrogens with zero attached hydrogens (tertiary/aromatic N) is 1. The number of ketones is 1. The first-order valence-electron chi connectivity index (χ1n) is 8.55. The fourth-order valence-electron chi connectivity index (χ4n) is 2.79. The minimum absolute atomic E-state index is 0.0177. The van der Waals surface area contributed by atoms with Gasteiger partial charge in [0.15, 0.2) is 0 Å². The van der Waals surface area contributed by atoms with Crippen LogP contribution in [0.3, 0.4) is 0 Å². The van der Waals surface area contributed by atoms with Crippen molar-refractivity contribution in [2.45, 2.75) is 26.7 Å². The van der Waals surface area contributed by atoms with E-state index in [9.17, 15) is 4.79 Å². The number of ether oxygens (including phenoxy) is 1.